The highest BCUT2D eigenvalue weighted by Crippen LogP contribution is 2.25. The topological polar surface area (TPSA) is 44.4 Å². The molecule has 0 bridgehead atoms. The molecule has 4 nitrogen and oxygen atoms in total. The Morgan fingerprint density at radius 1 is 1.16 bits per heavy atom. The predicted molar refractivity (Wildman–Crippen MR) is 101 cm³/mol. The number of anilines is 1. The molecule has 1 saturated heterocycles. The Hall–Kier alpha value is -2.33. The van der Waals surface area contributed by atoms with Gasteiger partial charge in [-0.2, -0.15) is 0 Å². The average molecular weight is 335 g/mol. The normalized spacial score (nSPS) is 19.9. The van der Waals surface area contributed by atoms with Gasteiger partial charge in [0.1, 0.15) is 0 Å². The van der Waals surface area contributed by atoms with Crippen LogP contribution in [0.3, 0.4) is 0 Å². The van der Waals surface area contributed by atoms with E-state index in [1.807, 2.05) is 18.2 Å². The minimum Gasteiger partial charge on any atom is -0.385 e. The molecule has 4 rings (SSSR count). The summed E-state index contributed by atoms with van der Waals surface area (Å²) in [4.78, 5) is 15.2. The summed E-state index contributed by atoms with van der Waals surface area (Å²) in [5.41, 5.74) is 4.46. The third-order valence-corrected chi connectivity index (χ3v) is 5.20. The molecule has 1 amide bonds. The summed E-state index contributed by atoms with van der Waals surface area (Å²) < 4.78 is 0. The molecule has 0 aliphatic carbocycles. The summed E-state index contributed by atoms with van der Waals surface area (Å²) >= 11 is 0. The van der Waals surface area contributed by atoms with Crippen LogP contribution in [0.25, 0.3) is 0 Å². The molecule has 0 radical (unpaired) electrons. The Kier molecular flexibility index (Phi) is 4.70. The Morgan fingerprint density at radius 3 is 2.92 bits per heavy atom. The van der Waals surface area contributed by atoms with Crippen molar-refractivity contribution in [1.29, 1.82) is 0 Å². The van der Waals surface area contributed by atoms with Gasteiger partial charge < -0.3 is 10.6 Å². The van der Waals surface area contributed by atoms with Crippen LogP contribution in [-0.4, -0.2) is 36.5 Å². The van der Waals surface area contributed by atoms with Gasteiger partial charge in [0, 0.05) is 43.5 Å². The number of carbonyl (C=O) groups is 1. The Balaban J connectivity index is 1.38. The summed E-state index contributed by atoms with van der Waals surface area (Å²) in [6.07, 6.45) is 3.09. The van der Waals surface area contributed by atoms with E-state index in [2.05, 4.69) is 45.9 Å². The maximum atomic E-state index is 12.8. The number of rotatable bonds is 4. The smallest absolute Gasteiger partial charge is 0.251 e. The number of hydrogen-bond donors (Lipinski definition) is 2. The number of nitrogens with one attached hydrogen (secondary N) is 2. The molecule has 2 heterocycles. The van der Waals surface area contributed by atoms with E-state index in [1.54, 1.807) is 0 Å². The van der Waals surface area contributed by atoms with Gasteiger partial charge in [0.15, 0.2) is 0 Å². The molecule has 0 aromatic heterocycles. The quantitative estimate of drug-likeness (QED) is 0.903. The molecule has 2 N–H and O–H groups in total. The summed E-state index contributed by atoms with van der Waals surface area (Å²) in [5, 5.41) is 6.65. The highest BCUT2D eigenvalue weighted by atomic mass is 16.1. The van der Waals surface area contributed by atoms with Crippen LogP contribution in [0.5, 0.6) is 0 Å². The second-order valence-corrected chi connectivity index (χ2v) is 7.04. The molecule has 2 aliphatic heterocycles. The summed E-state index contributed by atoms with van der Waals surface area (Å²) in [7, 11) is 0. The van der Waals surface area contributed by atoms with Crippen LogP contribution in [0.4, 0.5) is 5.69 Å². The lowest BCUT2D eigenvalue weighted by molar-refractivity contribution is 0.0936. The van der Waals surface area contributed by atoms with Crippen LogP contribution in [0, 0.1) is 0 Å². The standard InChI is InChI=1S/C21H25N3O/c25-21(19-8-4-10-20-18(19)9-5-12-22-20)23-17-11-13-24(15-17)14-16-6-2-1-3-7-16/h1-4,6-8,10,17,22H,5,9,11-15H2,(H,23,25). The van der Waals surface area contributed by atoms with E-state index in [9.17, 15) is 4.79 Å². The van der Waals surface area contributed by atoms with Crippen molar-refractivity contribution >= 4 is 11.6 Å². The molecular weight excluding hydrogens is 310 g/mol. The number of likely N-dealkylation sites (tertiary alicyclic amines) is 1. The lowest BCUT2D eigenvalue weighted by atomic mass is 9.97. The van der Waals surface area contributed by atoms with Gasteiger partial charge in [0.05, 0.1) is 0 Å². The number of fused-ring (bicyclic) bond motifs is 1. The number of hydrogen-bond acceptors (Lipinski definition) is 3. The molecule has 1 atom stereocenters. The highest BCUT2D eigenvalue weighted by molar-refractivity contribution is 5.97. The van der Waals surface area contributed by atoms with E-state index in [4.69, 9.17) is 0 Å². The summed E-state index contributed by atoms with van der Waals surface area (Å²) in [5.74, 6) is 0.0760. The minimum atomic E-state index is 0.0760. The zero-order valence-corrected chi connectivity index (χ0v) is 14.5. The van der Waals surface area contributed by atoms with Gasteiger partial charge in [-0.3, -0.25) is 9.69 Å². The van der Waals surface area contributed by atoms with Gasteiger partial charge in [0.2, 0.25) is 0 Å². The molecular formula is C21H25N3O. The van der Waals surface area contributed by atoms with Crippen LogP contribution in [-0.2, 0) is 13.0 Å². The molecule has 2 aromatic rings. The van der Waals surface area contributed by atoms with Crippen molar-refractivity contribution in [3.05, 3.63) is 65.2 Å². The monoisotopic (exact) mass is 335 g/mol. The lowest BCUT2D eigenvalue weighted by Crippen LogP contribution is -2.37. The molecule has 1 fully saturated rings. The number of carbonyl (C=O) groups excluding carboxylic acids is 1. The van der Waals surface area contributed by atoms with E-state index < -0.39 is 0 Å². The molecule has 4 heteroatoms. The van der Waals surface area contributed by atoms with Crippen molar-refractivity contribution in [1.82, 2.24) is 10.2 Å². The van der Waals surface area contributed by atoms with Crippen LogP contribution < -0.4 is 10.6 Å². The minimum absolute atomic E-state index is 0.0760. The Labute approximate surface area is 149 Å². The lowest BCUT2D eigenvalue weighted by Gasteiger charge is -2.22. The van der Waals surface area contributed by atoms with Crippen molar-refractivity contribution in [2.24, 2.45) is 0 Å². The molecule has 25 heavy (non-hydrogen) atoms. The van der Waals surface area contributed by atoms with Gasteiger partial charge >= 0.3 is 0 Å². The van der Waals surface area contributed by atoms with E-state index >= 15 is 0 Å². The van der Waals surface area contributed by atoms with Crippen molar-refractivity contribution < 1.29 is 4.79 Å². The van der Waals surface area contributed by atoms with E-state index in [1.165, 1.54) is 11.1 Å². The molecule has 2 aromatic carbocycles. The van der Waals surface area contributed by atoms with Gasteiger partial charge in [-0.1, -0.05) is 36.4 Å². The van der Waals surface area contributed by atoms with Crippen LogP contribution in [0.15, 0.2) is 48.5 Å². The average Bonchev–Trinajstić information content (AvgIpc) is 3.09. The first-order chi connectivity index (χ1) is 12.3. The SMILES string of the molecule is O=C(NC1CCN(Cc2ccccc2)C1)c1cccc2c1CCCN2. The van der Waals surface area contributed by atoms with Crippen molar-refractivity contribution in [2.75, 3.05) is 25.0 Å². The zero-order chi connectivity index (χ0) is 17.1. The second kappa shape index (κ2) is 7.28. The number of benzene rings is 2. The van der Waals surface area contributed by atoms with E-state index in [-0.39, 0.29) is 11.9 Å². The van der Waals surface area contributed by atoms with Crippen LogP contribution in [0.2, 0.25) is 0 Å². The summed E-state index contributed by atoms with van der Waals surface area (Å²) in [6.45, 7) is 3.91. The van der Waals surface area contributed by atoms with Crippen molar-refractivity contribution in [2.45, 2.75) is 31.8 Å². The first-order valence-corrected chi connectivity index (χ1v) is 9.22. The molecule has 130 valence electrons. The van der Waals surface area contributed by atoms with Crippen molar-refractivity contribution in [3.8, 4) is 0 Å². The molecule has 0 saturated carbocycles. The van der Waals surface area contributed by atoms with Gasteiger partial charge in [-0.25, -0.2) is 0 Å². The first-order valence-electron chi connectivity index (χ1n) is 9.22. The predicted octanol–water partition coefficient (Wildman–Crippen LogP) is 3.05. The maximum absolute atomic E-state index is 12.8. The Bertz CT molecular complexity index is 744. The highest BCUT2D eigenvalue weighted by Gasteiger charge is 2.25. The third-order valence-electron chi connectivity index (χ3n) is 5.20. The fourth-order valence-electron chi connectivity index (χ4n) is 3.92. The molecule has 2 aliphatic rings. The van der Waals surface area contributed by atoms with Crippen molar-refractivity contribution in [3.63, 3.8) is 0 Å². The number of amides is 1. The van der Waals surface area contributed by atoms with E-state index in [0.717, 1.165) is 56.7 Å². The third kappa shape index (κ3) is 3.69. The fourth-order valence-corrected chi connectivity index (χ4v) is 3.92. The van der Waals surface area contributed by atoms with Gasteiger partial charge in [-0.05, 0) is 42.5 Å². The fraction of sp³-hybridized carbons (Fsp3) is 0.381. The van der Waals surface area contributed by atoms with Gasteiger partial charge in [0.25, 0.3) is 5.91 Å². The molecule has 1 unspecified atom stereocenters. The largest absolute Gasteiger partial charge is 0.385 e. The first kappa shape index (κ1) is 16.2. The molecule has 0 spiro atoms. The maximum Gasteiger partial charge on any atom is 0.251 e. The second-order valence-electron chi connectivity index (χ2n) is 7.04. The number of nitrogens with zero attached hydrogens (tertiary/aromatic N) is 1. The van der Waals surface area contributed by atoms with Crippen LogP contribution >= 0.6 is 0 Å². The Morgan fingerprint density at radius 2 is 2.04 bits per heavy atom. The van der Waals surface area contributed by atoms with Crippen LogP contribution in [0.1, 0.15) is 34.3 Å². The van der Waals surface area contributed by atoms with Gasteiger partial charge in [-0.15, -0.1) is 0 Å². The van der Waals surface area contributed by atoms with E-state index in [0.29, 0.717) is 0 Å². The zero-order valence-electron chi connectivity index (χ0n) is 14.5. The summed E-state index contributed by atoms with van der Waals surface area (Å²) in [6, 6.07) is 16.8.